The van der Waals surface area contributed by atoms with Gasteiger partial charge in [-0.25, -0.2) is 9.99 Å². The lowest BCUT2D eigenvalue weighted by Gasteiger charge is -2.29. The van der Waals surface area contributed by atoms with E-state index in [0.717, 1.165) is 5.71 Å². The van der Waals surface area contributed by atoms with Gasteiger partial charge in [0, 0.05) is 31.7 Å². The predicted octanol–water partition coefficient (Wildman–Crippen LogP) is 0.249. The first-order valence-corrected chi connectivity index (χ1v) is 8.11. The molecule has 25 heavy (non-hydrogen) atoms. The Morgan fingerprint density at radius 1 is 1.44 bits per heavy atom. The summed E-state index contributed by atoms with van der Waals surface area (Å²) < 4.78 is 1.78. The highest BCUT2D eigenvalue weighted by atomic mass is 16.7. The number of imidazole rings is 1. The molecule has 142 valence electrons. The van der Waals surface area contributed by atoms with Gasteiger partial charge in [-0.2, -0.15) is 5.48 Å². The average Bonchev–Trinajstić information content (AvgIpc) is 3.01. The third-order valence-electron chi connectivity index (χ3n) is 4.21. The van der Waals surface area contributed by atoms with Crippen LogP contribution in [0, 0.1) is 0 Å². The number of anilines is 1. The molecular weight excluding hydrogens is 324 g/mol. The number of aromatic nitrogens is 2. The SMILES string of the molecule is CN=C(C)C(C)N(N)CC(Cn1ccnc1N)ONC(C)/C(C)=N/O. The molecule has 1 aromatic rings. The van der Waals surface area contributed by atoms with Crippen molar-refractivity contribution in [2.75, 3.05) is 19.3 Å². The van der Waals surface area contributed by atoms with Crippen LogP contribution >= 0.6 is 0 Å². The largest absolute Gasteiger partial charge is 0.411 e. The number of hydrogen-bond donors (Lipinski definition) is 4. The Balaban J connectivity index is 2.78. The minimum Gasteiger partial charge on any atom is -0.411 e. The Bertz CT molecular complexity index is 586. The fourth-order valence-corrected chi connectivity index (χ4v) is 2.04. The third kappa shape index (κ3) is 6.42. The first-order chi connectivity index (χ1) is 11.8. The predicted molar refractivity (Wildman–Crippen MR) is 98.4 cm³/mol. The maximum Gasteiger partial charge on any atom is 0.200 e. The number of hydrazine groups is 1. The van der Waals surface area contributed by atoms with Gasteiger partial charge in [0.2, 0.25) is 0 Å². The van der Waals surface area contributed by atoms with Crippen molar-refractivity contribution in [1.29, 1.82) is 0 Å². The second-order valence-corrected chi connectivity index (χ2v) is 6.00. The van der Waals surface area contributed by atoms with Crippen LogP contribution in [0.1, 0.15) is 27.7 Å². The summed E-state index contributed by atoms with van der Waals surface area (Å²) in [7, 11) is 1.74. The summed E-state index contributed by atoms with van der Waals surface area (Å²) in [6.45, 7) is 8.32. The molecule has 0 saturated carbocycles. The molecule has 0 aliphatic heterocycles. The molecule has 1 heterocycles. The van der Waals surface area contributed by atoms with E-state index in [2.05, 4.69) is 20.6 Å². The zero-order chi connectivity index (χ0) is 19.0. The normalized spacial score (nSPS) is 16.9. The fraction of sp³-hybridized carbons (Fsp3) is 0.667. The highest BCUT2D eigenvalue weighted by Gasteiger charge is 2.21. The van der Waals surface area contributed by atoms with E-state index in [4.69, 9.17) is 21.6 Å². The topological polar surface area (TPSA) is 139 Å². The van der Waals surface area contributed by atoms with Crippen LogP contribution in [0.4, 0.5) is 5.95 Å². The molecule has 0 aromatic carbocycles. The van der Waals surface area contributed by atoms with Crippen molar-refractivity contribution < 1.29 is 10.0 Å². The molecule has 0 aliphatic carbocycles. The Kier molecular flexibility index (Phi) is 8.49. The molecule has 1 rings (SSSR count). The van der Waals surface area contributed by atoms with Crippen molar-refractivity contribution in [3.8, 4) is 0 Å². The van der Waals surface area contributed by atoms with Crippen LogP contribution in [0.25, 0.3) is 0 Å². The van der Waals surface area contributed by atoms with Gasteiger partial charge in [-0.3, -0.25) is 15.7 Å². The van der Waals surface area contributed by atoms with Crippen molar-refractivity contribution in [3.05, 3.63) is 12.4 Å². The first kappa shape index (κ1) is 21.0. The number of nitrogens with one attached hydrogen (secondary N) is 1. The summed E-state index contributed by atoms with van der Waals surface area (Å²) in [4.78, 5) is 14.0. The van der Waals surface area contributed by atoms with Crippen molar-refractivity contribution in [2.24, 2.45) is 16.0 Å². The van der Waals surface area contributed by atoms with Gasteiger partial charge in [0.25, 0.3) is 0 Å². The molecule has 1 aromatic heterocycles. The third-order valence-corrected chi connectivity index (χ3v) is 4.21. The summed E-state index contributed by atoms with van der Waals surface area (Å²) in [6.07, 6.45) is 3.09. The van der Waals surface area contributed by atoms with E-state index in [1.807, 2.05) is 20.8 Å². The first-order valence-electron chi connectivity index (χ1n) is 8.11. The van der Waals surface area contributed by atoms with E-state index >= 15 is 0 Å². The maximum absolute atomic E-state index is 8.84. The zero-order valence-electron chi connectivity index (χ0n) is 15.5. The molecule has 6 N–H and O–H groups in total. The quantitative estimate of drug-likeness (QED) is 0.204. The van der Waals surface area contributed by atoms with Gasteiger partial charge < -0.3 is 15.5 Å². The maximum atomic E-state index is 8.84. The van der Waals surface area contributed by atoms with Gasteiger partial charge in [0.1, 0.15) is 6.10 Å². The minimum atomic E-state index is -0.317. The van der Waals surface area contributed by atoms with Crippen molar-refractivity contribution in [1.82, 2.24) is 20.0 Å². The van der Waals surface area contributed by atoms with Gasteiger partial charge in [0.15, 0.2) is 5.95 Å². The summed E-state index contributed by atoms with van der Waals surface area (Å²) >= 11 is 0. The van der Waals surface area contributed by atoms with Crippen LogP contribution in [-0.2, 0) is 11.4 Å². The van der Waals surface area contributed by atoms with Gasteiger partial charge in [0.05, 0.1) is 24.3 Å². The smallest absolute Gasteiger partial charge is 0.200 e. The van der Waals surface area contributed by atoms with Crippen molar-refractivity contribution in [2.45, 2.75) is 52.4 Å². The monoisotopic (exact) mass is 354 g/mol. The summed E-state index contributed by atoms with van der Waals surface area (Å²) in [5, 5.41) is 13.7. The minimum absolute atomic E-state index is 0.0330. The number of nitrogens with zero attached hydrogens (tertiary/aromatic N) is 5. The van der Waals surface area contributed by atoms with Gasteiger partial charge in [-0.05, 0) is 27.7 Å². The molecule has 3 unspecified atom stereocenters. The Labute approximate surface area is 148 Å². The van der Waals surface area contributed by atoms with Gasteiger partial charge in [-0.1, -0.05) is 5.16 Å². The Hall–Kier alpha value is -2.01. The number of hydroxylamine groups is 1. The van der Waals surface area contributed by atoms with Crippen molar-refractivity contribution >= 4 is 17.4 Å². The Morgan fingerprint density at radius 3 is 2.64 bits per heavy atom. The lowest BCUT2D eigenvalue weighted by Crippen LogP contribution is -2.50. The van der Waals surface area contributed by atoms with Crippen LogP contribution in [-0.4, -0.2) is 63.0 Å². The number of nitrogens with two attached hydrogens (primary N) is 2. The number of aliphatic imine (C=N–C) groups is 1. The van der Waals surface area contributed by atoms with Gasteiger partial charge in [-0.15, -0.1) is 0 Å². The molecule has 0 spiro atoms. The van der Waals surface area contributed by atoms with E-state index in [-0.39, 0.29) is 18.2 Å². The van der Waals surface area contributed by atoms with Crippen LogP contribution in [0.15, 0.2) is 22.5 Å². The standard InChI is InChI=1S/C15H30N8O2/c1-10(20-24)11(2)21-25-14(8-22-7-6-19-15(22)16)9-23(17)13(4)12(3)18-5/h6-7,11,13-14,21,24H,8-9,17H2,1-5H3,(H2,16,19)/b18-12?,20-10+. The van der Waals surface area contributed by atoms with E-state index in [1.54, 1.807) is 35.9 Å². The second-order valence-electron chi connectivity index (χ2n) is 6.00. The molecule has 0 amide bonds. The molecule has 3 atom stereocenters. The van der Waals surface area contributed by atoms with Crippen LogP contribution in [0.2, 0.25) is 0 Å². The second kappa shape index (κ2) is 10.1. The van der Waals surface area contributed by atoms with E-state index in [0.29, 0.717) is 24.7 Å². The molecule has 10 heteroatoms. The summed E-state index contributed by atoms with van der Waals surface area (Å²) in [5.41, 5.74) is 10.1. The number of oxime groups is 1. The summed E-state index contributed by atoms with van der Waals surface area (Å²) in [6, 6.07) is -0.287. The van der Waals surface area contributed by atoms with Crippen LogP contribution < -0.4 is 17.1 Å². The summed E-state index contributed by atoms with van der Waals surface area (Å²) in [5.74, 6) is 6.58. The number of nitrogen functional groups attached to an aromatic ring is 1. The Morgan fingerprint density at radius 2 is 2.12 bits per heavy atom. The van der Waals surface area contributed by atoms with Crippen LogP contribution in [0.3, 0.4) is 0 Å². The fourth-order valence-electron chi connectivity index (χ4n) is 2.04. The van der Waals surface area contributed by atoms with Crippen molar-refractivity contribution in [3.63, 3.8) is 0 Å². The number of hydrogen-bond acceptors (Lipinski definition) is 9. The highest BCUT2D eigenvalue weighted by Crippen LogP contribution is 2.07. The van der Waals surface area contributed by atoms with E-state index in [9.17, 15) is 0 Å². The van der Waals surface area contributed by atoms with Gasteiger partial charge >= 0.3 is 0 Å². The average molecular weight is 354 g/mol. The number of rotatable bonds is 10. The lowest BCUT2D eigenvalue weighted by molar-refractivity contribution is -0.0554. The molecule has 0 fully saturated rings. The molecule has 0 saturated heterocycles. The molecule has 0 aliphatic rings. The van der Waals surface area contributed by atoms with Crippen LogP contribution in [0.5, 0.6) is 0 Å². The molecule has 10 nitrogen and oxygen atoms in total. The van der Waals surface area contributed by atoms with E-state index < -0.39 is 0 Å². The lowest BCUT2D eigenvalue weighted by atomic mass is 10.2. The zero-order valence-corrected chi connectivity index (χ0v) is 15.5. The molecule has 0 bridgehead atoms. The molecule has 0 radical (unpaired) electrons. The van der Waals surface area contributed by atoms with E-state index in [1.165, 1.54) is 0 Å². The highest BCUT2D eigenvalue weighted by molar-refractivity contribution is 5.86. The molecular formula is C15H30N8O2.